The molecule has 2 N–H and O–H groups in total. The van der Waals surface area contributed by atoms with Crippen LogP contribution in [0.4, 0.5) is 0 Å². The lowest BCUT2D eigenvalue weighted by molar-refractivity contribution is -0.136. The van der Waals surface area contributed by atoms with E-state index in [1.54, 1.807) is 12.1 Å². The Hall–Kier alpha value is -2.35. The third kappa shape index (κ3) is 1.65. The van der Waals surface area contributed by atoms with Crippen molar-refractivity contribution in [3.63, 3.8) is 0 Å². The first-order chi connectivity index (χ1) is 7.20. The Bertz CT molecular complexity index is 566. The van der Waals surface area contributed by atoms with Gasteiger partial charge in [0.25, 0.3) is 0 Å². The quantitative estimate of drug-likeness (QED) is 0.760. The van der Waals surface area contributed by atoms with Crippen molar-refractivity contribution < 1.29 is 9.90 Å². The molecule has 1 heterocycles. The van der Waals surface area contributed by atoms with Gasteiger partial charge in [-0.3, -0.25) is 4.79 Å². The van der Waals surface area contributed by atoms with Crippen LogP contribution in [-0.4, -0.2) is 21.0 Å². The maximum atomic E-state index is 10.6. The number of H-pyrrole nitrogens is 1. The van der Waals surface area contributed by atoms with E-state index in [4.69, 9.17) is 10.4 Å². The average Bonchev–Trinajstić information content (AvgIpc) is 2.62. The fraction of sp³-hybridized carbons (Fsp3) is 0.100. The third-order valence-corrected chi connectivity index (χ3v) is 2.11. The number of imidazole rings is 1. The normalized spacial score (nSPS) is 10.1. The van der Waals surface area contributed by atoms with E-state index in [1.807, 2.05) is 6.07 Å². The first-order valence-electron chi connectivity index (χ1n) is 4.28. The lowest BCUT2D eigenvalue weighted by atomic mass is 10.0. The minimum absolute atomic E-state index is 0.155. The number of rotatable bonds is 2. The van der Waals surface area contributed by atoms with E-state index >= 15 is 0 Å². The van der Waals surface area contributed by atoms with E-state index in [2.05, 4.69) is 9.97 Å². The molecule has 15 heavy (non-hydrogen) atoms. The number of nitrogens with one attached hydrogen (secondary N) is 1. The highest BCUT2D eigenvalue weighted by Crippen LogP contribution is 2.17. The van der Waals surface area contributed by atoms with Crippen LogP contribution in [0.3, 0.4) is 0 Å². The minimum Gasteiger partial charge on any atom is -0.481 e. The van der Waals surface area contributed by atoms with Crippen LogP contribution in [0.15, 0.2) is 18.5 Å². The number of nitriles is 1. The van der Waals surface area contributed by atoms with E-state index in [1.165, 1.54) is 6.33 Å². The van der Waals surface area contributed by atoms with Gasteiger partial charge < -0.3 is 10.1 Å². The smallest absolute Gasteiger partial charge is 0.307 e. The molecule has 0 fully saturated rings. The first kappa shape index (κ1) is 9.21. The van der Waals surface area contributed by atoms with E-state index < -0.39 is 5.97 Å². The number of benzene rings is 1. The molecule has 0 amide bonds. The molecular formula is C10H7N3O2. The van der Waals surface area contributed by atoms with Gasteiger partial charge in [0.2, 0.25) is 0 Å². The largest absolute Gasteiger partial charge is 0.481 e. The second kappa shape index (κ2) is 3.42. The van der Waals surface area contributed by atoms with Crippen LogP contribution < -0.4 is 0 Å². The topological polar surface area (TPSA) is 89.8 Å². The van der Waals surface area contributed by atoms with Gasteiger partial charge in [-0.1, -0.05) is 0 Å². The number of carbonyl (C=O) groups is 1. The highest BCUT2D eigenvalue weighted by Gasteiger charge is 2.09. The summed E-state index contributed by atoms with van der Waals surface area (Å²) in [5.74, 6) is -0.953. The molecule has 5 nitrogen and oxygen atoms in total. The molecule has 0 spiro atoms. The number of hydrogen-bond donors (Lipinski definition) is 2. The Morgan fingerprint density at radius 3 is 3.07 bits per heavy atom. The van der Waals surface area contributed by atoms with Gasteiger partial charge in [-0.2, -0.15) is 5.26 Å². The molecule has 0 saturated heterocycles. The maximum absolute atomic E-state index is 10.6. The molecule has 0 aliphatic rings. The van der Waals surface area contributed by atoms with Crippen molar-refractivity contribution in [2.45, 2.75) is 6.42 Å². The summed E-state index contributed by atoms with van der Waals surface area (Å²) >= 11 is 0. The average molecular weight is 201 g/mol. The van der Waals surface area contributed by atoms with Gasteiger partial charge in [-0.25, -0.2) is 4.98 Å². The van der Waals surface area contributed by atoms with E-state index in [-0.39, 0.29) is 6.42 Å². The monoisotopic (exact) mass is 201 g/mol. The predicted molar refractivity (Wildman–Crippen MR) is 52.1 cm³/mol. The van der Waals surface area contributed by atoms with Gasteiger partial charge in [0.05, 0.1) is 35.4 Å². The molecule has 2 rings (SSSR count). The van der Waals surface area contributed by atoms with E-state index in [0.717, 1.165) is 5.52 Å². The van der Waals surface area contributed by atoms with E-state index in [9.17, 15) is 4.79 Å². The minimum atomic E-state index is -0.953. The molecule has 0 aliphatic heterocycles. The fourth-order valence-electron chi connectivity index (χ4n) is 1.44. The number of carboxylic acids is 1. The second-order valence-electron chi connectivity index (χ2n) is 3.11. The molecule has 0 saturated carbocycles. The van der Waals surface area contributed by atoms with Crippen LogP contribution in [0.2, 0.25) is 0 Å². The van der Waals surface area contributed by atoms with Crippen LogP contribution in [0, 0.1) is 11.3 Å². The number of hydrogen-bond acceptors (Lipinski definition) is 3. The zero-order valence-corrected chi connectivity index (χ0v) is 7.69. The molecule has 1 aromatic carbocycles. The van der Waals surface area contributed by atoms with Crippen LogP contribution >= 0.6 is 0 Å². The van der Waals surface area contributed by atoms with Gasteiger partial charge in [-0.15, -0.1) is 0 Å². The Morgan fingerprint density at radius 1 is 1.60 bits per heavy atom. The summed E-state index contributed by atoms with van der Waals surface area (Å²) in [7, 11) is 0. The van der Waals surface area contributed by atoms with Crippen LogP contribution in [0.1, 0.15) is 11.1 Å². The number of aliphatic carboxylic acids is 1. The summed E-state index contributed by atoms with van der Waals surface area (Å²) in [6.45, 7) is 0. The molecule has 5 heteroatoms. The summed E-state index contributed by atoms with van der Waals surface area (Å²) < 4.78 is 0. The van der Waals surface area contributed by atoms with Crippen molar-refractivity contribution in [2.24, 2.45) is 0 Å². The second-order valence-corrected chi connectivity index (χ2v) is 3.11. The molecule has 2 aromatic rings. The molecule has 0 atom stereocenters. The summed E-state index contributed by atoms with van der Waals surface area (Å²) in [6.07, 6.45) is 1.36. The SMILES string of the molecule is N#Cc1cc2nc[nH]c2cc1CC(=O)O. The fourth-order valence-corrected chi connectivity index (χ4v) is 1.44. The van der Waals surface area contributed by atoms with Crippen molar-refractivity contribution in [1.82, 2.24) is 9.97 Å². The zero-order chi connectivity index (χ0) is 10.8. The van der Waals surface area contributed by atoms with Gasteiger partial charge in [0.15, 0.2) is 0 Å². The zero-order valence-electron chi connectivity index (χ0n) is 7.69. The Labute approximate surface area is 85.0 Å². The number of nitrogens with zero attached hydrogens (tertiary/aromatic N) is 2. The molecule has 0 aliphatic carbocycles. The predicted octanol–water partition coefficient (Wildman–Crippen LogP) is 1.06. The maximum Gasteiger partial charge on any atom is 0.307 e. The lowest BCUT2D eigenvalue weighted by Crippen LogP contribution is -2.02. The van der Waals surface area contributed by atoms with Gasteiger partial charge in [0.1, 0.15) is 0 Å². The molecule has 0 radical (unpaired) electrons. The molecule has 1 aromatic heterocycles. The van der Waals surface area contributed by atoms with Crippen molar-refractivity contribution in [1.29, 1.82) is 5.26 Å². The summed E-state index contributed by atoms with van der Waals surface area (Å²) in [4.78, 5) is 17.4. The first-order valence-corrected chi connectivity index (χ1v) is 4.28. The molecule has 0 unspecified atom stereocenters. The third-order valence-electron chi connectivity index (χ3n) is 2.11. The standard InChI is InChI=1S/C10H7N3O2/c11-4-7-2-9-8(12-5-13-9)1-6(7)3-10(14)15/h1-2,5H,3H2,(H,12,13)(H,14,15). The van der Waals surface area contributed by atoms with Crippen LogP contribution in [0.25, 0.3) is 11.0 Å². The number of aromatic nitrogens is 2. The van der Waals surface area contributed by atoms with Crippen molar-refractivity contribution >= 4 is 17.0 Å². The summed E-state index contributed by atoms with van der Waals surface area (Å²) in [6, 6.07) is 5.20. The number of carboxylic acid groups (broad SMARTS) is 1. The molecule has 0 bridgehead atoms. The Kier molecular flexibility index (Phi) is 2.10. The Balaban J connectivity index is 2.60. The van der Waals surface area contributed by atoms with Crippen molar-refractivity contribution in [3.8, 4) is 6.07 Å². The van der Waals surface area contributed by atoms with Crippen LogP contribution in [0.5, 0.6) is 0 Å². The van der Waals surface area contributed by atoms with Gasteiger partial charge in [-0.05, 0) is 17.7 Å². The highest BCUT2D eigenvalue weighted by atomic mass is 16.4. The number of fused-ring (bicyclic) bond motifs is 1. The van der Waals surface area contributed by atoms with Crippen molar-refractivity contribution in [3.05, 3.63) is 29.6 Å². The summed E-state index contributed by atoms with van der Waals surface area (Å²) in [5.41, 5.74) is 2.27. The number of aromatic amines is 1. The Morgan fingerprint density at radius 2 is 2.40 bits per heavy atom. The van der Waals surface area contributed by atoms with E-state index in [0.29, 0.717) is 16.6 Å². The van der Waals surface area contributed by atoms with Gasteiger partial charge >= 0.3 is 5.97 Å². The highest BCUT2D eigenvalue weighted by molar-refractivity contribution is 5.80. The summed E-state index contributed by atoms with van der Waals surface area (Å²) in [5, 5.41) is 17.5. The van der Waals surface area contributed by atoms with Gasteiger partial charge in [0, 0.05) is 0 Å². The molecular weight excluding hydrogens is 194 g/mol. The van der Waals surface area contributed by atoms with Crippen LogP contribution in [-0.2, 0) is 11.2 Å². The molecule has 74 valence electrons. The lowest BCUT2D eigenvalue weighted by Gasteiger charge is -2.00. The van der Waals surface area contributed by atoms with Crippen molar-refractivity contribution in [2.75, 3.05) is 0 Å².